The molecule has 0 saturated heterocycles. The standard InChI is InChI=1S/C24H21N3O2/c1-3-9-23-17(7-1)11-12-20-19-15-21(25-16-22(19)27-26-20)18-8-2-4-10-24(18)29-14-6-5-13-28-23/h1-4,7-12,15-16H,5-6,13-14H2,(H,26,27). The largest absolute Gasteiger partial charge is 0.493 e. The number of benzene rings is 2. The maximum Gasteiger partial charge on any atom is 0.128 e. The zero-order valence-electron chi connectivity index (χ0n) is 16.0. The lowest BCUT2D eigenvalue weighted by Crippen LogP contribution is -2.04. The minimum atomic E-state index is 0.640. The van der Waals surface area contributed by atoms with Crippen LogP contribution in [0.1, 0.15) is 24.1 Å². The van der Waals surface area contributed by atoms with E-state index in [0.717, 1.165) is 57.8 Å². The average Bonchev–Trinajstić information content (AvgIpc) is 3.17. The van der Waals surface area contributed by atoms with E-state index < -0.39 is 0 Å². The van der Waals surface area contributed by atoms with Gasteiger partial charge in [-0.1, -0.05) is 30.3 Å². The van der Waals surface area contributed by atoms with Crippen molar-refractivity contribution in [2.45, 2.75) is 12.8 Å². The monoisotopic (exact) mass is 383 g/mol. The van der Waals surface area contributed by atoms with Gasteiger partial charge in [0.05, 0.1) is 36.3 Å². The summed E-state index contributed by atoms with van der Waals surface area (Å²) in [6.45, 7) is 1.30. The summed E-state index contributed by atoms with van der Waals surface area (Å²) in [5.74, 6) is 1.72. The molecule has 3 heterocycles. The number of nitrogens with zero attached hydrogens (tertiary/aromatic N) is 2. The molecule has 29 heavy (non-hydrogen) atoms. The smallest absolute Gasteiger partial charge is 0.128 e. The van der Waals surface area contributed by atoms with Gasteiger partial charge >= 0.3 is 0 Å². The summed E-state index contributed by atoms with van der Waals surface area (Å²) in [5.41, 5.74) is 4.66. The third-order valence-electron chi connectivity index (χ3n) is 5.03. The van der Waals surface area contributed by atoms with Crippen molar-refractivity contribution < 1.29 is 9.47 Å². The molecule has 1 aliphatic rings. The number of pyridine rings is 1. The van der Waals surface area contributed by atoms with Gasteiger partial charge in [0.15, 0.2) is 0 Å². The van der Waals surface area contributed by atoms with Crippen LogP contribution in [0.5, 0.6) is 11.5 Å². The summed E-state index contributed by atoms with van der Waals surface area (Å²) < 4.78 is 12.1. The second-order valence-corrected chi connectivity index (χ2v) is 7.00. The molecule has 1 N–H and O–H groups in total. The highest BCUT2D eigenvalue weighted by Crippen LogP contribution is 2.31. The molecule has 0 radical (unpaired) electrons. The number of rotatable bonds is 0. The zero-order valence-corrected chi connectivity index (χ0v) is 16.0. The molecule has 0 aliphatic carbocycles. The lowest BCUT2D eigenvalue weighted by Gasteiger charge is -2.12. The van der Waals surface area contributed by atoms with Gasteiger partial charge in [-0.05, 0) is 49.3 Å². The number of aromatic nitrogens is 3. The van der Waals surface area contributed by atoms with Crippen molar-refractivity contribution in [3.8, 4) is 22.8 Å². The second-order valence-electron chi connectivity index (χ2n) is 7.00. The first kappa shape index (κ1) is 17.5. The fourth-order valence-corrected chi connectivity index (χ4v) is 3.50. The summed E-state index contributed by atoms with van der Waals surface area (Å²) in [6, 6.07) is 18.2. The minimum absolute atomic E-state index is 0.640. The van der Waals surface area contributed by atoms with Crippen LogP contribution in [0.2, 0.25) is 0 Å². The van der Waals surface area contributed by atoms with E-state index in [1.807, 2.05) is 60.8 Å². The minimum Gasteiger partial charge on any atom is -0.493 e. The highest BCUT2D eigenvalue weighted by Gasteiger charge is 2.11. The molecule has 1 aliphatic heterocycles. The Morgan fingerprint density at radius 2 is 1.59 bits per heavy atom. The Bertz CT molecular complexity index is 1180. The number of para-hydroxylation sites is 2. The van der Waals surface area contributed by atoms with E-state index in [2.05, 4.69) is 27.3 Å². The van der Waals surface area contributed by atoms with Crippen LogP contribution >= 0.6 is 0 Å². The fourth-order valence-electron chi connectivity index (χ4n) is 3.50. The number of aromatic amines is 1. The lowest BCUT2D eigenvalue weighted by atomic mass is 10.1. The van der Waals surface area contributed by atoms with Gasteiger partial charge in [-0.25, -0.2) is 0 Å². The van der Waals surface area contributed by atoms with Gasteiger partial charge in [-0.2, -0.15) is 5.10 Å². The molecule has 5 nitrogen and oxygen atoms in total. The van der Waals surface area contributed by atoms with E-state index >= 15 is 0 Å². The first-order chi connectivity index (χ1) is 14.4. The Labute approximate surface area is 169 Å². The molecular weight excluding hydrogens is 362 g/mol. The van der Waals surface area contributed by atoms with Crippen molar-refractivity contribution in [1.29, 1.82) is 0 Å². The summed E-state index contributed by atoms with van der Waals surface area (Å²) in [6.07, 6.45) is 7.73. The van der Waals surface area contributed by atoms with Crippen molar-refractivity contribution in [3.05, 3.63) is 72.1 Å². The Morgan fingerprint density at radius 3 is 2.48 bits per heavy atom. The number of H-pyrrole nitrogens is 1. The number of ether oxygens (including phenoxy) is 2. The zero-order chi connectivity index (χ0) is 19.5. The third kappa shape index (κ3) is 3.59. The van der Waals surface area contributed by atoms with E-state index in [9.17, 15) is 0 Å². The Hall–Kier alpha value is -3.60. The maximum absolute atomic E-state index is 6.07. The van der Waals surface area contributed by atoms with Gasteiger partial charge in [0.25, 0.3) is 0 Å². The Morgan fingerprint density at radius 1 is 0.828 bits per heavy atom. The molecule has 2 bridgehead atoms. The predicted molar refractivity (Wildman–Crippen MR) is 115 cm³/mol. The summed E-state index contributed by atoms with van der Waals surface area (Å²) in [7, 11) is 0. The molecular formula is C24H21N3O2. The highest BCUT2D eigenvalue weighted by molar-refractivity contribution is 5.91. The number of fused-ring (bicyclic) bond motifs is 4. The summed E-state index contributed by atoms with van der Waals surface area (Å²) in [4.78, 5) is 4.63. The van der Waals surface area contributed by atoms with E-state index in [4.69, 9.17) is 9.47 Å². The molecule has 0 unspecified atom stereocenters. The topological polar surface area (TPSA) is 60.0 Å². The third-order valence-corrected chi connectivity index (χ3v) is 5.03. The van der Waals surface area contributed by atoms with Gasteiger partial charge in [-0.15, -0.1) is 0 Å². The first-order valence-electron chi connectivity index (χ1n) is 9.85. The molecule has 2 aromatic heterocycles. The molecule has 2 aromatic carbocycles. The van der Waals surface area contributed by atoms with Crippen LogP contribution in [0.4, 0.5) is 0 Å². The molecule has 5 rings (SSSR count). The van der Waals surface area contributed by atoms with Gasteiger partial charge in [0.1, 0.15) is 11.5 Å². The Kier molecular flexibility index (Phi) is 4.70. The highest BCUT2D eigenvalue weighted by atomic mass is 16.5. The van der Waals surface area contributed by atoms with E-state index in [1.165, 1.54) is 0 Å². The van der Waals surface area contributed by atoms with E-state index in [-0.39, 0.29) is 0 Å². The van der Waals surface area contributed by atoms with E-state index in [1.54, 1.807) is 0 Å². The molecule has 144 valence electrons. The maximum atomic E-state index is 6.07. The van der Waals surface area contributed by atoms with Crippen molar-refractivity contribution >= 4 is 23.1 Å². The van der Waals surface area contributed by atoms with Gasteiger partial charge in [-0.3, -0.25) is 10.1 Å². The van der Waals surface area contributed by atoms with Crippen LogP contribution in [0.3, 0.4) is 0 Å². The molecule has 0 saturated carbocycles. The van der Waals surface area contributed by atoms with Gasteiger partial charge in [0, 0.05) is 16.5 Å². The molecule has 4 aromatic rings. The van der Waals surface area contributed by atoms with E-state index in [0.29, 0.717) is 13.2 Å². The Balaban J connectivity index is 1.63. The molecule has 0 amide bonds. The lowest BCUT2D eigenvalue weighted by molar-refractivity contribution is 0.267. The number of hydrogen-bond donors (Lipinski definition) is 1. The van der Waals surface area contributed by atoms with Crippen molar-refractivity contribution in [2.24, 2.45) is 0 Å². The van der Waals surface area contributed by atoms with Crippen LogP contribution in [-0.4, -0.2) is 28.4 Å². The fraction of sp³-hybridized carbons (Fsp3) is 0.167. The van der Waals surface area contributed by atoms with Gasteiger partial charge in [0.2, 0.25) is 0 Å². The molecule has 0 fully saturated rings. The SMILES string of the molecule is C1=Cc2n[nH]c3cnc(cc23)-c2ccccc2OCCCCOc2ccccc21. The summed E-state index contributed by atoms with van der Waals surface area (Å²) >= 11 is 0. The van der Waals surface area contributed by atoms with Crippen LogP contribution in [0, 0.1) is 0 Å². The first-order valence-corrected chi connectivity index (χ1v) is 9.85. The normalized spacial score (nSPS) is 14.1. The van der Waals surface area contributed by atoms with Crippen molar-refractivity contribution in [1.82, 2.24) is 15.2 Å². The van der Waals surface area contributed by atoms with Gasteiger partial charge < -0.3 is 9.47 Å². The average molecular weight is 383 g/mol. The molecule has 0 atom stereocenters. The van der Waals surface area contributed by atoms with Crippen molar-refractivity contribution in [2.75, 3.05) is 13.2 Å². The van der Waals surface area contributed by atoms with Crippen molar-refractivity contribution in [3.63, 3.8) is 0 Å². The molecule has 0 spiro atoms. The van der Waals surface area contributed by atoms with Crippen LogP contribution in [-0.2, 0) is 0 Å². The summed E-state index contributed by atoms with van der Waals surface area (Å²) in [5, 5.41) is 8.55. The molecule has 5 heteroatoms. The second kappa shape index (κ2) is 7.80. The van der Waals surface area contributed by atoms with Crippen LogP contribution < -0.4 is 9.47 Å². The number of hydrogen-bond acceptors (Lipinski definition) is 4. The predicted octanol–water partition coefficient (Wildman–Crippen LogP) is 5.35. The van der Waals surface area contributed by atoms with Crippen LogP contribution in [0.25, 0.3) is 34.3 Å². The number of nitrogens with one attached hydrogen (secondary N) is 1. The van der Waals surface area contributed by atoms with Crippen LogP contribution in [0.15, 0.2) is 60.8 Å². The quantitative estimate of drug-likeness (QED) is 0.445.